The van der Waals surface area contributed by atoms with Crippen molar-refractivity contribution in [2.75, 3.05) is 25.6 Å². The van der Waals surface area contributed by atoms with Crippen molar-refractivity contribution in [1.82, 2.24) is 9.66 Å². The summed E-state index contributed by atoms with van der Waals surface area (Å²) < 4.78 is 7.08. The summed E-state index contributed by atoms with van der Waals surface area (Å²) in [6.45, 7) is -0.0669. The maximum atomic E-state index is 13.3. The van der Waals surface area contributed by atoms with Gasteiger partial charge in [0.2, 0.25) is 0 Å². The molecule has 0 radical (unpaired) electrons. The minimum Gasteiger partial charge on any atom is -0.478 e. The molecule has 0 aliphatic heterocycles. The molecule has 1 aliphatic carbocycles. The molecule has 1 aliphatic rings. The highest BCUT2D eigenvalue weighted by Crippen LogP contribution is 2.32. The van der Waals surface area contributed by atoms with E-state index in [2.05, 4.69) is 5.10 Å². The number of anilines is 1. The highest BCUT2D eigenvalue weighted by Gasteiger charge is 2.22. The summed E-state index contributed by atoms with van der Waals surface area (Å²) in [6.07, 6.45) is 7.12. The Hall–Kier alpha value is -3.66. The highest BCUT2D eigenvalue weighted by molar-refractivity contribution is 5.85. The van der Waals surface area contributed by atoms with Crippen LogP contribution in [0.5, 0.6) is 5.75 Å². The quantitative estimate of drug-likeness (QED) is 0.546. The third-order valence-corrected chi connectivity index (χ3v) is 5.87. The van der Waals surface area contributed by atoms with Crippen molar-refractivity contribution >= 4 is 22.8 Å². The maximum absolute atomic E-state index is 13.3. The van der Waals surface area contributed by atoms with E-state index >= 15 is 0 Å². The fourth-order valence-electron chi connectivity index (χ4n) is 4.14. The summed E-state index contributed by atoms with van der Waals surface area (Å²) in [4.78, 5) is 20.1. The van der Waals surface area contributed by atoms with E-state index in [1.165, 1.54) is 11.1 Å². The Morgan fingerprint density at radius 1 is 1.22 bits per heavy atom. The number of nitrogens with zero attached hydrogens (tertiary/aromatic N) is 5. The van der Waals surface area contributed by atoms with Gasteiger partial charge in [0.25, 0.3) is 5.56 Å². The molecule has 0 unspecified atom stereocenters. The summed E-state index contributed by atoms with van der Waals surface area (Å²) in [7, 11) is 3.88. The third-order valence-electron chi connectivity index (χ3n) is 5.87. The van der Waals surface area contributed by atoms with Gasteiger partial charge in [-0.15, -0.1) is 0 Å². The Morgan fingerprint density at radius 2 is 2.00 bits per heavy atom. The van der Waals surface area contributed by atoms with Crippen molar-refractivity contribution in [3.05, 3.63) is 64.2 Å². The molecule has 0 N–H and O–H groups in total. The molecule has 1 saturated carbocycles. The van der Waals surface area contributed by atoms with Gasteiger partial charge in [0, 0.05) is 37.3 Å². The molecular weight excluding hydrogens is 402 g/mol. The van der Waals surface area contributed by atoms with Crippen LogP contribution in [0.1, 0.15) is 49.4 Å². The number of fused-ring (bicyclic) bond motifs is 1. The zero-order valence-corrected chi connectivity index (χ0v) is 18.5. The van der Waals surface area contributed by atoms with Crippen molar-refractivity contribution in [2.24, 2.45) is 5.10 Å². The van der Waals surface area contributed by atoms with Crippen LogP contribution in [0.25, 0.3) is 10.9 Å². The van der Waals surface area contributed by atoms with E-state index in [1.807, 2.05) is 61.5 Å². The van der Waals surface area contributed by atoms with Crippen molar-refractivity contribution in [2.45, 2.75) is 38.0 Å². The first-order valence-corrected chi connectivity index (χ1v) is 11.0. The van der Waals surface area contributed by atoms with E-state index in [4.69, 9.17) is 15.0 Å². The van der Waals surface area contributed by atoms with Crippen LogP contribution in [-0.2, 0) is 0 Å². The van der Waals surface area contributed by atoms with E-state index in [0.29, 0.717) is 28.0 Å². The first-order chi connectivity index (χ1) is 15.6. The average molecular weight is 430 g/mol. The molecule has 1 aromatic heterocycles. The predicted octanol–water partition coefficient (Wildman–Crippen LogP) is 4.29. The van der Waals surface area contributed by atoms with Gasteiger partial charge < -0.3 is 9.64 Å². The van der Waals surface area contributed by atoms with Gasteiger partial charge in [0.15, 0.2) is 6.61 Å². The molecule has 7 nitrogen and oxygen atoms in total. The lowest BCUT2D eigenvalue weighted by Crippen LogP contribution is -2.25. The number of hydrogen-bond donors (Lipinski definition) is 0. The molecular formula is C25H27N5O2. The van der Waals surface area contributed by atoms with Crippen LogP contribution in [0.2, 0.25) is 0 Å². The van der Waals surface area contributed by atoms with Gasteiger partial charge in [0.05, 0.1) is 17.1 Å². The SMILES string of the molecule is CN(C)c1ccc(C=Nn2c(C3CCCCC3)nc3ccccc3c2=O)c(OCC#N)c1. The Balaban J connectivity index is 1.80. The zero-order valence-electron chi connectivity index (χ0n) is 18.5. The van der Waals surface area contributed by atoms with E-state index in [1.54, 1.807) is 12.3 Å². The molecule has 0 atom stereocenters. The van der Waals surface area contributed by atoms with Crippen LogP contribution in [0.15, 0.2) is 52.4 Å². The summed E-state index contributed by atoms with van der Waals surface area (Å²) in [5.74, 6) is 1.47. The minimum atomic E-state index is -0.170. The Bertz CT molecular complexity index is 1230. The predicted molar refractivity (Wildman–Crippen MR) is 127 cm³/mol. The molecule has 1 heterocycles. The van der Waals surface area contributed by atoms with Crippen LogP contribution >= 0.6 is 0 Å². The third kappa shape index (κ3) is 4.50. The normalized spacial score (nSPS) is 14.5. The number of para-hydroxylation sites is 1. The molecule has 1 fully saturated rings. The van der Waals surface area contributed by atoms with Gasteiger partial charge in [-0.05, 0) is 37.1 Å². The second kappa shape index (κ2) is 9.65. The van der Waals surface area contributed by atoms with E-state index in [9.17, 15) is 4.79 Å². The second-order valence-electron chi connectivity index (χ2n) is 8.25. The van der Waals surface area contributed by atoms with E-state index < -0.39 is 0 Å². The highest BCUT2D eigenvalue weighted by atomic mass is 16.5. The van der Waals surface area contributed by atoms with Crippen LogP contribution in [0, 0.1) is 11.3 Å². The summed E-state index contributed by atoms with van der Waals surface area (Å²) in [5.41, 5.74) is 2.18. The Labute approximate surface area is 187 Å². The summed E-state index contributed by atoms with van der Waals surface area (Å²) in [6, 6.07) is 15.1. The lowest BCUT2D eigenvalue weighted by molar-refractivity contribution is 0.367. The largest absolute Gasteiger partial charge is 0.478 e. The van der Waals surface area contributed by atoms with Crippen LogP contribution in [0.3, 0.4) is 0 Å². The van der Waals surface area contributed by atoms with Crippen molar-refractivity contribution < 1.29 is 4.74 Å². The number of hydrogen-bond acceptors (Lipinski definition) is 6. The molecule has 3 aromatic rings. The number of benzene rings is 2. The smallest absolute Gasteiger partial charge is 0.282 e. The molecule has 4 rings (SSSR count). The Kier molecular flexibility index (Phi) is 6.50. The lowest BCUT2D eigenvalue weighted by atomic mass is 9.88. The molecule has 0 spiro atoms. The van der Waals surface area contributed by atoms with Gasteiger partial charge in [-0.1, -0.05) is 31.4 Å². The summed E-state index contributed by atoms with van der Waals surface area (Å²) >= 11 is 0. The van der Waals surface area contributed by atoms with Crippen molar-refractivity contribution in [3.63, 3.8) is 0 Å². The van der Waals surface area contributed by atoms with Gasteiger partial charge in [-0.25, -0.2) is 4.98 Å². The fourth-order valence-corrected chi connectivity index (χ4v) is 4.14. The number of nitriles is 1. The van der Waals surface area contributed by atoms with Gasteiger partial charge >= 0.3 is 0 Å². The maximum Gasteiger partial charge on any atom is 0.282 e. The first kappa shape index (κ1) is 21.6. The Morgan fingerprint density at radius 3 is 2.75 bits per heavy atom. The van der Waals surface area contributed by atoms with Crippen molar-refractivity contribution in [3.8, 4) is 11.8 Å². The lowest BCUT2D eigenvalue weighted by Gasteiger charge is -2.22. The molecule has 2 aromatic carbocycles. The molecule has 32 heavy (non-hydrogen) atoms. The monoisotopic (exact) mass is 429 g/mol. The minimum absolute atomic E-state index is 0.0669. The molecule has 164 valence electrons. The van der Waals surface area contributed by atoms with Gasteiger partial charge in [0.1, 0.15) is 17.6 Å². The topological polar surface area (TPSA) is 83.5 Å². The number of ether oxygens (including phenoxy) is 1. The molecule has 0 amide bonds. The molecule has 7 heteroatoms. The van der Waals surface area contributed by atoms with Crippen molar-refractivity contribution in [1.29, 1.82) is 5.26 Å². The molecule has 0 bridgehead atoms. The number of aromatic nitrogens is 2. The molecule has 0 saturated heterocycles. The van der Waals surface area contributed by atoms with Gasteiger partial charge in [-0.2, -0.15) is 15.0 Å². The van der Waals surface area contributed by atoms with Crippen LogP contribution in [0.4, 0.5) is 5.69 Å². The van der Waals surface area contributed by atoms with Crippen LogP contribution < -0.4 is 15.2 Å². The zero-order chi connectivity index (χ0) is 22.5. The average Bonchev–Trinajstić information content (AvgIpc) is 2.82. The second-order valence-corrected chi connectivity index (χ2v) is 8.25. The first-order valence-electron chi connectivity index (χ1n) is 11.0. The van der Waals surface area contributed by atoms with Gasteiger partial charge in [-0.3, -0.25) is 4.79 Å². The van der Waals surface area contributed by atoms with E-state index in [-0.39, 0.29) is 18.1 Å². The van der Waals surface area contributed by atoms with E-state index in [0.717, 1.165) is 31.4 Å². The standard InChI is InChI=1S/C25H27N5O2/c1-29(2)20-13-12-19(23(16-20)32-15-14-26)17-27-30-24(18-8-4-3-5-9-18)28-22-11-7-6-10-21(22)25(30)31/h6-7,10-13,16-18H,3-5,8-9,15H2,1-2H3. The number of rotatable bonds is 6. The van der Waals surface area contributed by atoms with Crippen LogP contribution in [-0.4, -0.2) is 36.6 Å². The summed E-state index contributed by atoms with van der Waals surface area (Å²) in [5, 5.41) is 14.1. The fraction of sp³-hybridized carbons (Fsp3) is 0.360.